The molecule has 3 saturated heterocycles. The molecular weight excluding hydrogens is 646 g/mol. The molecule has 0 radical (unpaired) electrons. The van der Waals surface area contributed by atoms with Gasteiger partial charge in [0, 0.05) is 26.6 Å². The van der Waals surface area contributed by atoms with Crippen LogP contribution in [0.2, 0.25) is 0 Å². The van der Waals surface area contributed by atoms with Crippen molar-refractivity contribution in [2.45, 2.75) is 94.7 Å². The van der Waals surface area contributed by atoms with Gasteiger partial charge in [0.05, 0.1) is 36.6 Å². The van der Waals surface area contributed by atoms with Crippen molar-refractivity contribution < 1.29 is 33.8 Å². The number of likely N-dealkylation sites (tertiary alicyclic amines) is 1. The molecule has 5 rings (SSSR count). The third-order valence-corrected chi connectivity index (χ3v) is 11.0. The van der Waals surface area contributed by atoms with E-state index in [4.69, 9.17) is 9.47 Å². The Kier molecular flexibility index (Phi) is 12.5. The van der Waals surface area contributed by atoms with E-state index in [1.165, 1.54) is 4.90 Å². The van der Waals surface area contributed by atoms with Crippen LogP contribution in [0, 0.1) is 11.8 Å². The van der Waals surface area contributed by atoms with Crippen molar-refractivity contribution >= 4 is 23.7 Å². The molecule has 0 aromatic heterocycles. The number of amides is 3. The fourth-order valence-corrected chi connectivity index (χ4v) is 8.30. The molecule has 274 valence electrons. The van der Waals surface area contributed by atoms with E-state index < -0.39 is 66.3 Å². The average Bonchev–Trinajstić information content (AvgIpc) is 3.80. The standard InChI is InChI=1S/C41H53N3O7/c1-6-9-17-26-43(25-8-3)39(48)37-41-24-23-32(51-41)34(35(41)38(47)44(37)31(27-45)29-18-13-11-14-19-29)40(49)50-36(30-20-15-12-16-21-30)28(4)42(5)33(46)22-10-7-2/h7-8,11-16,18-21,28,31-32,34-37,45H,2-3,6,9-10,17,22-27H2,1,4-5H3/t28-,31-,32-,34+,35+,36+,37-,41+/m1/s1. The van der Waals surface area contributed by atoms with E-state index in [2.05, 4.69) is 20.1 Å². The predicted molar refractivity (Wildman–Crippen MR) is 194 cm³/mol. The first kappa shape index (κ1) is 38.0. The quantitative estimate of drug-likeness (QED) is 0.126. The number of aliphatic hydroxyl groups is 1. The Bertz CT molecular complexity index is 1550. The summed E-state index contributed by atoms with van der Waals surface area (Å²) in [5.41, 5.74) is 0.115. The molecule has 2 bridgehead atoms. The maximum Gasteiger partial charge on any atom is 0.313 e. The highest BCUT2D eigenvalue weighted by atomic mass is 16.6. The van der Waals surface area contributed by atoms with Crippen LogP contribution in [0.15, 0.2) is 86.0 Å². The Morgan fingerprint density at radius 2 is 1.73 bits per heavy atom. The van der Waals surface area contributed by atoms with E-state index >= 15 is 0 Å². The number of unbranched alkanes of at least 4 members (excludes halogenated alkanes) is 2. The van der Waals surface area contributed by atoms with Crippen LogP contribution in [0.1, 0.15) is 82.1 Å². The number of fused-ring (bicyclic) bond motifs is 1. The van der Waals surface area contributed by atoms with Crippen LogP contribution in [0.4, 0.5) is 0 Å². The maximum atomic E-state index is 14.9. The lowest BCUT2D eigenvalue weighted by Crippen LogP contribution is -2.57. The number of hydrogen-bond acceptors (Lipinski definition) is 7. The average molecular weight is 700 g/mol. The minimum atomic E-state index is -1.28. The van der Waals surface area contributed by atoms with Crippen LogP contribution >= 0.6 is 0 Å². The van der Waals surface area contributed by atoms with Gasteiger partial charge >= 0.3 is 5.97 Å². The first-order valence-electron chi connectivity index (χ1n) is 18.3. The van der Waals surface area contributed by atoms with Crippen LogP contribution in [-0.2, 0) is 28.7 Å². The maximum absolute atomic E-state index is 14.9. The lowest BCUT2D eigenvalue weighted by atomic mass is 9.70. The number of carbonyl (C=O) groups excluding carboxylic acids is 4. The van der Waals surface area contributed by atoms with Crippen LogP contribution in [-0.4, -0.2) is 94.0 Å². The van der Waals surface area contributed by atoms with Crippen molar-refractivity contribution in [3.05, 3.63) is 97.1 Å². The van der Waals surface area contributed by atoms with Crippen molar-refractivity contribution in [2.24, 2.45) is 11.8 Å². The van der Waals surface area contributed by atoms with Gasteiger partial charge in [0.25, 0.3) is 0 Å². The number of rotatable bonds is 18. The number of carbonyl (C=O) groups is 4. The summed E-state index contributed by atoms with van der Waals surface area (Å²) >= 11 is 0. The second-order valence-electron chi connectivity index (χ2n) is 14.0. The molecule has 3 aliphatic rings. The SMILES string of the molecule is C=CCCC(=O)N(C)[C@H](C)[C@H](OC(=O)[C@@H]1[C@H]2C(=O)N([C@H](CO)c3ccccc3)[C@H](C(=O)N(CC=C)CCCCC)[C@]23CC[C@H]1O3)c1ccccc1. The number of aliphatic hydroxyl groups excluding tert-OH is 1. The first-order chi connectivity index (χ1) is 24.6. The molecule has 1 spiro atoms. The Morgan fingerprint density at radius 3 is 2.33 bits per heavy atom. The highest BCUT2D eigenvalue weighted by Gasteiger charge is 2.76. The van der Waals surface area contributed by atoms with E-state index in [0.29, 0.717) is 43.5 Å². The van der Waals surface area contributed by atoms with Gasteiger partial charge < -0.3 is 29.3 Å². The highest BCUT2D eigenvalue weighted by Crippen LogP contribution is 2.60. The summed E-state index contributed by atoms with van der Waals surface area (Å²) in [6, 6.07) is 16.0. The predicted octanol–water partition coefficient (Wildman–Crippen LogP) is 5.40. The zero-order valence-electron chi connectivity index (χ0n) is 30.2. The van der Waals surface area contributed by atoms with Crippen LogP contribution in [0.25, 0.3) is 0 Å². The number of likely N-dealkylation sites (N-methyl/N-ethyl adjacent to an activating group) is 1. The van der Waals surface area contributed by atoms with Gasteiger partial charge in [-0.3, -0.25) is 19.2 Å². The number of ether oxygens (including phenoxy) is 2. The molecule has 3 aliphatic heterocycles. The normalized spacial score (nSPS) is 25.1. The summed E-state index contributed by atoms with van der Waals surface area (Å²) in [7, 11) is 1.69. The molecule has 2 aromatic carbocycles. The van der Waals surface area contributed by atoms with Gasteiger partial charge in [-0.1, -0.05) is 92.6 Å². The zero-order valence-corrected chi connectivity index (χ0v) is 30.2. The summed E-state index contributed by atoms with van der Waals surface area (Å²) < 4.78 is 13.1. The van der Waals surface area contributed by atoms with E-state index in [1.807, 2.05) is 67.6 Å². The van der Waals surface area contributed by atoms with Crippen molar-refractivity contribution in [3.8, 4) is 0 Å². The molecule has 51 heavy (non-hydrogen) atoms. The van der Waals surface area contributed by atoms with E-state index in [-0.39, 0.29) is 18.2 Å². The molecular formula is C41H53N3O7. The summed E-state index contributed by atoms with van der Waals surface area (Å²) in [5.74, 6) is -3.37. The van der Waals surface area contributed by atoms with Crippen molar-refractivity contribution in [3.63, 3.8) is 0 Å². The lowest BCUT2D eigenvalue weighted by Gasteiger charge is -2.39. The minimum Gasteiger partial charge on any atom is -0.455 e. The van der Waals surface area contributed by atoms with E-state index in [0.717, 1.165) is 19.3 Å². The summed E-state index contributed by atoms with van der Waals surface area (Å²) in [6.07, 6.45) is 6.31. The summed E-state index contributed by atoms with van der Waals surface area (Å²) in [4.78, 5) is 62.0. The molecule has 0 aliphatic carbocycles. The van der Waals surface area contributed by atoms with Crippen molar-refractivity contribution in [2.75, 3.05) is 26.7 Å². The molecule has 1 N–H and O–H groups in total. The molecule has 0 saturated carbocycles. The third kappa shape index (κ3) is 7.39. The second-order valence-corrected chi connectivity index (χ2v) is 14.0. The van der Waals surface area contributed by atoms with E-state index in [1.54, 1.807) is 29.0 Å². The number of esters is 1. The minimum absolute atomic E-state index is 0.108. The third-order valence-electron chi connectivity index (χ3n) is 11.0. The fourth-order valence-electron chi connectivity index (χ4n) is 8.30. The van der Waals surface area contributed by atoms with Crippen LogP contribution in [0.5, 0.6) is 0 Å². The molecule has 10 heteroatoms. The van der Waals surface area contributed by atoms with Gasteiger partial charge in [-0.2, -0.15) is 0 Å². The monoisotopic (exact) mass is 699 g/mol. The number of hydrogen-bond donors (Lipinski definition) is 1. The second kappa shape index (κ2) is 16.8. The van der Waals surface area contributed by atoms with Gasteiger partial charge in [0.15, 0.2) is 0 Å². The van der Waals surface area contributed by atoms with Gasteiger partial charge in [0.2, 0.25) is 17.7 Å². The Morgan fingerprint density at radius 1 is 1.06 bits per heavy atom. The smallest absolute Gasteiger partial charge is 0.313 e. The topological polar surface area (TPSA) is 117 Å². The first-order valence-corrected chi connectivity index (χ1v) is 18.3. The van der Waals surface area contributed by atoms with Gasteiger partial charge in [0.1, 0.15) is 17.7 Å². The molecule has 3 fully saturated rings. The Balaban J connectivity index is 1.52. The van der Waals surface area contributed by atoms with Crippen LogP contribution < -0.4 is 0 Å². The van der Waals surface area contributed by atoms with Gasteiger partial charge in [-0.15, -0.1) is 13.2 Å². The largest absolute Gasteiger partial charge is 0.455 e. The Labute approximate surface area is 302 Å². The van der Waals surface area contributed by atoms with Crippen LogP contribution in [0.3, 0.4) is 0 Å². The fraction of sp³-hybridized carbons (Fsp3) is 0.512. The highest BCUT2D eigenvalue weighted by molar-refractivity contribution is 5.98. The zero-order chi connectivity index (χ0) is 36.7. The Hall–Kier alpha value is -4.28. The summed E-state index contributed by atoms with van der Waals surface area (Å²) in [5, 5.41) is 10.8. The van der Waals surface area contributed by atoms with Crippen molar-refractivity contribution in [1.82, 2.24) is 14.7 Å². The molecule has 3 heterocycles. The van der Waals surface area contributed by atoms with Gasteiger partial charge in [-0.05, 0) is 43.7 Å². The molecule has 3 amide bonds. The van der Waals surface area contributed by atoms with Crippen molar-refractivity contribution in [1.29, 1.82) is 0 Å². The number of nitrogens with zero attached hydrogens (tertiary/aromatic N) is 3. The molecule has 10 nitrogen and oxygen atoms in total. The molecule has 2 aromatic rings. The summed E-state index contributed by atoms with van der Waals surface area (Å²) in [6.45, 7) is 11.9. The number of allylic oxidation sites excluding steroid dienone is 1. The molecule has 8 atom stereocenters. The number of benzene rings is 2. The lowest BCUT2D eigenvalue weighted by molar-refractivity contribution is -0.165. The molecule has 0 unspecified atom stereocenters. The van der Waals surface area contributed by atoms with E-state index in [9.17, 15) is 24.3 Å². The van der Waals surface area contributed by atoms with Gasteiger partial charge in [-0.25, -0.2) is 0 Å².